The van der Waals surface area contributed by atoms with Crippen LogP contribution in [0.15, 0.2) is 22.8 Å². The van der Waals surface area contributed by atoms with Gasteiger partial charge in [0, 0.05) is 6.04 Å². The van der Waals surface area contributed by atoms with Crippen LogP contribution in [0.25, 0.3) is 0 Å². The zero-order chi connectivity index (χ0) is 13.8. The van der Waals surface area contributed by atoms with Gasteiger partial charge in [-0.1, -0.05) is 0 Å². The van der Waals surface area contributed by atoms with Crippen molar-refractivity contribution in [3.05, 3.63) is 24.2 Å². The summed E-state index contributed by atoms with van der Waals surface area (Å²) >= 11 is 5.36. The first-order valence-electron chi connectivity index (χ1n) is 7.75. The summed E-state index contributed by atoms with van der Waals surface area (Å²) < 4.78 is 5.65. The van der Waals surface area contributed by atoms with Crippen molar-refractivity contribution in [2.75, 3.05) is 19.6 Å². The molecule has 20 heavy (non-hydrogen) atoms. The van der Waals surface area contributed by atoms with E-state index in [1.807, 2.05) is 6.07 Å². The Hall–Kier alpha value is -1.07. The molecule has 1 aromatic heterocycles. The van der Waals surface area contributed by atoms with E-state index in [2.05, 4.69) is 16.7 Å². The average Bonchev–Trinajstić information content (AvgIpc) is 3.12. The minimum atomic E-state index is 0.365. The van der Waals surface area contributed by atoms with Gasteiger partial charge < -0.3 is 20.0 Å². The number of furan rings is 1. The molecule has 1 atom stereocenters. The Labute approximate surface area is 125 Å². The van der Waals surface area contributed by atoms with Gasteiger partial charge in [-0.25, -0.2) is 0 Å². The predicted molar refractivity (Wildman–Crippen MR) is 82.8 cm³/mol. The fraction of sp³-hybridized carbons (Fsp3) is 0.667. The summed E-state index contributed by atoms with van der Waals surface area (Å²) in [5.74, 6) is 1.07. The molecule has 0 unspecified atom stereocenters. The first-order chi connectivity index (χ1) is 9.83. The summed E-state index contributed by atoms with van der Waals surface area (Å²) in [6, 6.07) is 5.04. The Morgan fingerprint density at radius 2 is 2.15 bits per heavy atom. The minimum absolute atomic E-state index is 0.365. The predicted octanol–water partition coefficient (Wildman–Crippen LogP) is 1.02. The van der Waals surface area contributed by atoms with E-state index in [1.165, 1.54) is 45.2 Å². The third kappa shape index (κ3) is 3.73. The molecule has 0 amide bonds. The van der Waals surface area contributed by atoms with Gasteiger partial charge in [-0.15, -0.1) is 0 Å². The highest BCUT2D eigenvalue weighted by Crippen LogP contribution is 2.18. The number of nitrogens with one attached hydrogen (secondary N) is 3. The highest BCUT2D eigenvalue weighted by molar-refractivity contribution is 7.80. The second-order valence-electron chi connectivity index (χ2n) is 5.92. The number of quaternary nitrogens is 1. The maximum absolute atomic E-state index is 5.65. The van der Waals surface area contributed by atoms with Crippen LogP contribution in [0.3, 0.4) is 0 Å². The van der Waals surface area contributed by atoms with Gasteiger partial charge >= 0.3 is 0 Å². The molecule has 0 radical (unpaired) electrons. The monoisotopic (exact) mass is 294 g/mol. The van der Waals surface area contributed by atoms with Crippen molar-refractivity contribution in [1.29, 1.82) is 0 Å². The summed E-state index contributed by atoms with van der Waals surface area (Å²) in [5.41, 5.74) is 0. The molecule has 3 rings (SSSR count). The first-order valence-corrected chi connectivity index (χ1v) is 8.16. The maximum atomic E-state index is 5.65. The van der Waals surface area contributed by atoms with E-state index in [1.54, 1.807) is 11.2 Å². The highest BCUT2D eigenvalue weighted by Gasteiger charge is 2.29. The minimum Gasteiger partial charge on any atom is -0.463 e. The van der Waals surface area contributed by atoms with E-state index in [0.29, 0.717) is 12.1 Å². The fourth-order valence-corrected chi connectivity index (χ4v) is 3.20. The van der Waals surface area contributed by atoms with Gasteiger partial charge in [-0.2, -0.15) is 0 Å². The third-order valence-corrected chi connectivity index (χ3v) is 4.52. The van der Waals surface area contributed by atoms with Crippen LogP contribution in [-0.4, -0.2) is 30.8 Å². The molecule has 0 spiro atoms. The number of thiocarbonyl (C=S) groups is 1. The van der Waals surface area contributed by atoms with Crippen molar-refractivity contribution in [1.82, 2.24) is 10.6 Å². The summed E-state index contributed by atoms with van der Waals surface area (Å²) in [7, 11) is 0. The van der Waals surface area contributed by atoms with Crippen LogP contribution in [0.2, 0.25) is 0 Å². The molecule has 1 saturated carbocycles. The standard InChI is InChI=1S/C15H23N3OS/c20-15(17-12-6-7-12)16-11-13(14-5-4-10-19-14)18-8-2-1-3-9-18/h4-5,10,12-13H,1-3,6-9,11H2,(H2,16,17,20)/p+1/t13-/m0/s1. The lowest BCUT2D eigenvalue weighted by Crippen LogP contribution is -3.13. The molecule has 3 N–H and O–H groups in total. The topological polar surface area (TPSA) is 41.6 Å². The van der Waals surface area contributed by atoms with Crippen molar-refractivity contribution < 1.29 is 9.32 Å². The summed E-state index contributed by atoms with van der Waals surface area (Å²) in [4.78, 5) is 1.62. The quantitative estimate of drug-likeness (QED) is 0.709. The zero-order valence-corrected chi connectivity index (χ0v) is 12.7. The van der Waals surface area contributed by atoms with Gasteiger partial charge in [0.15, 0.2) is 16.9 Å². The number of hydrogen-bond acceptors (Lipinski definition) is 2. The summed E-state index contributed by atoms with van der Waals surface area (Å²) in [5, 5.41) is 7.51. The first kappa shape index (κ1) is 13.9. The van der Waals surface area contributed by atoms with Gasteiger partial charge in [-0.3, -0.25) is 0 Å². The Balaban J connectivity index is 1.57. The van der Waals surface area contributed by atoms with Gasteiger partial charge in [-0.05, 0) is 56.5 Å². The molecule has 1 aliphatic heterocycles. The molecule has 2 fully saturated rings. The lowest BCUT2D eigenvalue weighted by atomic mass is 10.1. The molecule has 2 heterocycles. The van der Waals surface area contributed by atoms with Crippen LogP contribution >= 0.6 is 12.2 Å². The normalized spacial score (nSPS) is 21.4. The molecule has 1 aromatic rings. The molecule has 4 nitrogen and oxygen atoms in total. The molecular formula is C15H24N3OS+. The number of piperidine rings is 1. The number of likely N-dealkylation sites (tertiary alicyclic amines) is 1. The van der Waals surface area contributed by atoms with Crippen molar-refractivity contribution in [3.63, 3.8) is 0 Å². The van der Waals surface area contributed by atoms with Gasteiger partial charge in [0.1, 0.15) is 0 Å². The highest BCUT2D eigenvalue weighted by atomic mass is 32.1. The molecule has 1 aliphatic carbocycles. The van der Waals surface area contributed by atoms with Gasteiger partial charge in [0.25, 0.3) is 0 Å². The van der Waals surface area contributed by atoms with E-state index in [4.69, 9.17) is 16.6 Å². The zero-order valence-electron chi connectivity index (χ0n) is 11.9. The van der Waals surface area contributed by atoms with Crippen LogP contribution in [0.4, 0.5) is 0 Å². The van der Waals surface area contributed by atoms with Crippen molar-refractivity contribution in [2.45, 2.75) is 44.2 Å². The largest absolute Gasteiger partial charge is 0.463 e. The molecule has 5 heteroatoms. The molecule has 1 saturated heterocycles. The van der Waals surface area contributed by atoms with E-state index in [-0.39, 0.29) is 0 Å². The van der Waals surface area contributed by atoms with E-state index in [9.17, 15) is 0 Å². The van der Waals surface area contributed by atoms with Crippen LogP contribution in [0, 0.1) is 0 Å². The van der Waals surface area contributed by atoms with Crippen molar-refractivity contribution in [3.8, 4) is 0 Å². The molecular weight excluding hydrogens is 270 g/mol. The molecule has 0 aromatic carbocycles. The third-order valence-electron chi connectivity index (χ3n) is 4.25. The Kier molecular flexibility index (Phi) is 4.58. The molecule has 0 bridgehead atoms. The second-order valence-corrected chi connectivity index (χ2v) is 6.32. The Morgan fingerprint density at radius 3 is 2.80 bits per heavy atom. The van der Waals surface area contributed by atoms with Crippen molar-refractivity contribution in [2.24, 2.45) is 0 Å². The van der Waals surface area contributed by atoms with Crippen LogP contribution in [0.1, 0.15) is 43.9 Å². The lowest BCUT2D eigenvalue weighted by Gasteiger charge is -2.30. The van der Waals surface area contributed by atoms with Gasteiger partial charge in [0.05, 0.1) is 25.9 Å². The fourth-order valence-electron chi connectivity index (χ4n) is 2.95. The smallest absolute Gasteiger partial charge is 0.166 e. The van der Waals surface area contributed by atoms with Crippen molar-refractivity contribution >= 4 is 17.3 Å². The number of rotatable bonds is 5. The van der Waals surface area contributed by atoms with E-state index >= 15 is 0 Å². The van der Waals surface area contributed by atoms with E-state index < -0.39 is 0 Å². The lowest BCUT2D eigenvalue weighted by molar-refractivity contribution is -0.936. The maximum Gasteiger partial charge on any atom is 0.166 e. The Morgan fingerprint density at radius 1 is 1.35 bits per heavy atom. The molecule has 2 aliphatic rings. The van der Waals surface area contributed by atoms with E-state index in [0.717, 1.165) is 17.4 Å². The average molecular weight is 294 g/mol. The molecule has 110 valence electrons. The number of hydrogen-bond donors (Lipinski definition) is 3. The summed E-state index contributed by atoms with van der Waals surface area (Å²) in [6.45, 7) is 3.31. The Bertz CT molecular complexity index is 424. The van der Waals surface area contributed by atoms with Gasteiger partial charge in [0.2, 0.25) is 0 Å². The summed E-state index contributed by atoms with van der Waals surface area (Å²) in [6.07, 6.45) is 8.27. The SMILES string of the molecule is S=C(NC[C@@H](c1ccco1)[NH+]1CCCCC1)NC1CC1. The van der Waals surface area contributed by atoms with Crippen LogP contribution < -0.4 is 15.5 Å². The van der Waals surface area contributed by atoms with Crippen LogP contribution in [-0.2, 0) is 0 Å². The second kappa shape index (κ2) is 6.59. The van der Waals surface area contributed by atoms with Crippen LogP contribution in [0.5, 0.6) is 0 Å².